The standard InChI is InChI=1S/C14H19BrO3/c1-9(17-3)14(2,16)8-11-7-12(15)6-10-4-5-18-13(10)11/h6-7,9,16H,4-5,8H2,1-3H3. The first kappa shape index (κ1) is 13.8. The van der Waals surface area contributed by atoms with E-state index in [2.05, 4.69) is 22.0 Å². The lowest BCUT2D eigenvalue weighted by Gasteiger charge is -2.29. The number of halogens is 1. The summed E-state index contributed by atoms with van der Waals surface area (Å²) in [5.41, 5.74) is 1.33. The van der Waals surface area contributed by atoms with Gasteiger partial charge in [-0.25, -0.2) is 0 Å². The van der Waals surface area contributed by atoms with Gasteiger partial charge in [0.2, 0.25) is 0 Å². The zero-order valence-electron chi connectivity index (χ0n) is 11.0. The van der Waals surface area contributed by atoms with Crippen molar-refractivity contribution in [2.45, 2.75) is 38.4 Å². The largest absolute Gasteiger partial charge is 0.493 e. The molecule has 0 saturated carbocycles. The Morgan fingerprint density at radius 2 is 2.28 bits per heavy atom. The Kier molecular flexibility index (Phi) is 3.99. The predicted molar refractivity (Wildman–Crippen MR) is 74.1 cm³/mol. The highest BCUT2D eigenvalue weighted by molar-refractivity contribution is 9.10. The van der Waals surface area contributed by atoms with E-state index in [0.29, 0.717) is 6.42 Å². The highest BCUT2D eigenvalue weighted by atomic mass is 79.9. The summed E-state index contributed by atoms with van der Waals surface area (Å²) in [5.74, 6) is 0.932. The number of benzene rings is 1. The molecule has 1 aliphatic heterocycles. The molecule has 0 radical (unpaired) electrons. The third-order valence-electron chi connectivity index (χ3n) is 3.60. The van der Waals surface area contributed by atoms with Crippen molar-refractivity contribution < 1.29 is 14.6 Å². The summed E-state index contributed by atoms with van der Waals surface area (Å²) < 4.78 is 11.9. The topological polar surface area (TPSA) is 38.7 Å². The van der Waals surface area contributed by atoms with Crippen LogP contribution in [0.3, 0.4) is 0 Å². The zero-order chi connectivity index (χ0) is 13.3. The summed E-state index contributed by atoms with van der Waals surface area (Å²) in [5, 5.41) is 10.5. The van der Waals surface area contributed by atoms with Gasteiger partial charge in [0.15, 0.2) is 0 Å². The molecule has 0 aliphatic carbocycles. The molecule has 0 saturated heterocycles. The Labute approximate surface area is 116 Å². The van der Waals surface area contributed by atoms with Gasteiger partial charge < -0.3 is 14.6 Å². The molecule has 2 rings (SSSR count). The SMILES string of the molecule is COC(C)C(C)(O)Cc1cc(Br)cc2c1OCC2. The van der Waals surface area contributed by atoms with Gasteiger partial charge in [0, 0.05) is 24.4 Å². The van der Waals surface area contributed by atoms with Crippen molar-refractivity contribution in [2.75, 3.05) is 13.7 Å². The first-order chi connectivity index (χ1) is 8.44. The molecule has 0 bridgehead atoms. The lowest BCUT2D eigenvalue weighted by molar-refractivity contribution is -0.0718. The smallest absolute Gasteiger partial charge is 0.125 e. The van der Waals surface area contributed by atoms with Crippen molar-refractivity contribution in [1.82, 2.24) is 0 Å². The zero-order valence-corrected chi connectivity index (χ0v) is 12.6. The first-order valence-electron chi connectivity index (χ1n) is 6.13. The Morgan fingerprint density at radius 3 is 2.94 bits per heavy atom. The van der Waals surface area contributed by atoms with Crippen molar-refractivity contribution in [1.29, 1.82) is 0 Å². The lowest BCUT2D eigenvalue weighted by Crippen LogP contribution is -2.40. The second-order valence-electron chi connectivity index (χ2n) is 5.06. The van der Waals surface area contributed by atoms with Gasteiger partial charge in [-0.3, -0.25) is 0 Å². The maximum absolute atomic E-state index is 10.5. The molecule has 3 nitrogen and oxygen atoms in total. The molecule has 1 heterocycles. The molecule has 18 heavy (non-hydrogen) atoms. The Balaban J connectivity index is 2.29. The molecular formula is C14H19BrO3. The third-order valence-corrected chi connectivity index (χ3v) is 4.06. The van der Waals surface area contributed by atoms with E-state index in [-0.39, 0.29) is 6.10 Å². The van der Waals surface area contributed by atoms with Gasteiger partial charge in [-0.1, -0.05) is 15.9 Å². The van der Waals surface area contributed by atoms with Crippen molar-refractivity contribution in [3.63, 3.8) is 0 Å². The fraction of sp³-hybridized carbons (Fsp3) is 0.571. The average molecular weight is 315 g/mol. The van der Waals surface area contributed by atoms with Crippen molar-refractivity contribution in [3.05, 3.63) is 27.7 Å². The maximum Gasteiger partial charge on any atom is 0.125 e. The number of rotatable bonds is 4. The summed E-state index contributed by atoms with van der Waals surface area (Å²) in [7, 11) is 1.61. The van der Waals surface area contributed by atoms with Gasteiger partial charge >= 0.3 is 0 Å². The quantitative estimate of drug-likeness (QED) is 0.928. The molecule has 1 aromatic carbocycles. The van der Waals surface area contributed by atoms with E-state index in [1.807, 2.05) is 13.0 Å². The van der Waals surface area contributed by atoms with Crippen molar-refractivity contribution in [3.8, 4) is 5.75 Å². The Bertz CT molecular complexity index is 443. The molecule has 4 heteroatoms. The van der Waals surface area contributed by atoms with E-state index in [1.165, 1.54) is 5.56 Å². The molecule has 0 spiro atoms. The van der Waals surface area contributed by atoms with Crippen LogP contribution < -0.4 is 4.74 Å². The molecule has 100 valence electrons. The fourth-order valence-corrected chi connectivity index (χ4v) is 2.81. The summed E-state index contributed by atoms with van der Waals surface area (Å²) >= 11 is 3.51. The number of hydrogen-bond acceptors (Lipinski definition) is 3. The lowest BCUT2D eigenvalue weighted by atomic mass is 9.90. The van der Waals surface area contributed by atoms with Gasteiger partial charge in [-0.05, 0) is 37.1 Å². The van der Waals surface area contributed by atoms with Crippen LogP contribution in [0.15, 0.2) is 16.6 Å². The van der Waals surface area contributed by atoms with Crippen LogP contribution in [0, 0.1) is 0 Å². The maximum atomic E-state index is 10.5. The van der Waals surface area contributed by atoms with Gasteiger partial charge in [-0.2, -0.15) is 0 Å². The van der Waals surface area contributed by atoms with E-state index in [0.717, 1.165) is 28.8 Å². The number of aliphatic hydroxyl groups is 1. The molecular weight excluding hydrogens is 296 g/mol. The van der Waals surface area contributed by atoms with Crippen LogP contribution >= 0.6 is 15.9 Å². The van der Waals surface area contributed by atoms with Crippen LogP contribution in [0.4, 0.5) is 0 Å². The molecule has 1 aromatic rings. The molecule has 1 N–H and O–H groups in total. The van der Waals surface area contributed by atoms with Crippen LogP contribution in [-0.2, 0) is 17.6 Å². The summed E-state index contributed by atoms with van der Waals surface area (Å²) in [4.78, 5) is 0. The summed E-state index contributed by atoms with van der Waals surface area (Å²) in [6.07, 6.45) is 1.22. The molecule has 1 aliphatic rings. The van der Waals surface area contributed by atoms with Gasteiger partial charge in [0.05, 0.1) is 18.3 Å². The van der Waals surface area contributed by atoms with E-state index in [9.17, 15) is 5.11 Å². The molecule has 2 atom stereocenters. The minimum atomic E-state index is -0.907. The minimum Gasteiger partial charge on any atom is -0.493 e. The van der Waals surface area contributed by atoms with Gasteiger partial charge in [-0.15, -0.1) is 0 Å². The van der Waals surface area contributed by atoms with Crippen molar-refractivity contribution in [2.24, 2.45) is 0 Å². The number of hydrogen-bond donors (Lipinski definition) is 1. The molecule has 0 amide bonds. The predicted octanol–water partition coefficient (Wildman–Crippen LogP) is 2.71. The molecule has 0 aromatic heterocycles. The Morgan fingerprint density at radius 1 is 1.56 bits per heavy atom. The average Bonchev–Trinajstić information content (AvgIpc) is 2.75. The van der Waals surface area contributed by atoms with Crippen LogP contribution in [0.1, 0.15) is 25.0 Å². The summed E-state index contributed by atoms with van der Waals surface area (Å²) in [6, 6.07) is 4.10. The van der Waals surface area contributed by atoms with E-state index in [4.69, 9.17) is 9.47 Å². The normalized spacial score (nSPS) is 18.9. The van der Waals surface area contributed by atoms with Crippen LogP contribution in [0.5, 0.6) is 5.75 Å². The number of methoxy groups -OCH3 is 1. The van der Waals surface area contributed by atoms with Crippen LogP contribution in [0.25, 0.3) is 0 Å². The van der Waals surface area contributed by atoms with E-state index < -0.39 is 5.60 Å². The molecule has 0 fully saturated rings. The summed E-state index contributed by atoms with van der Waals surface area (Å²) in [6.45, 7) is 4.39. The van der Waals surface area contributed by atoms with E-state index in [1.54, 1.807) is 14.0 Å². The van der Waals surface area contributed by atoms with Gasteiger partial charge in [0.25, 0.3) is 0 Å². The van der Waals surface area contributed by atoms with Gasteiger partial charge in [0.1, 0.15) is 5.75 Å². The number of fused-ring (bicyclic) bond motifs is 1. The minimum absolute atomic E-state index is 0.228. The second-order valence-corrected chi connectivity index (χ2v) is 5.98. The van der Waals surface area contributed by atoms with Crippen LogP contribution in [-0.4, -0.2) is 30.5 Å². The number of ether oxygens (including phenoxy) is 2. The monoisotopic (exact) mass is 314 g/mol. The highest BCUT2D eigenvalue weighted by Crippen LogP contribution is 2.35. The molecule has 2 unspecified atom stereocenters. The third kappa shape index (κ3) is 2.71. The highest BCUT2D eigenvalue weighted by Gasteiger charge is 2.31. The Hall–Kier alpha value is -0.580. The van der Waals surface area contributed by atoms with E-state index >= 15 is 0 Å². The second kappa shape index (κ2) is 5.19. The first-order valence-corrected chi connectivity index (χ1v) is 6.92. The van der Waals surface area contributed by atoms with Crippen LogP contribution in [0.2, 0.25) is 0 Å². The van der Waals surface area contributed by atoms with Crippen molar-refractivity contribution >= 4 is 15.9 Å². The fourth-order valence-electron chi connectivity index (χ4n) is 2.26.